The predicted molar refractivity (Wildman–Crippen MR) is 94.8 cm³/mol. The predicted octanol–water partition coefficient (Wildman–Crippen LogP) is 2.85. The molecule has 3 N–H and O–H groups in total. The Kier molecular flexibility index (Phi) is 4.46. The number of aliphatic carboxylic acids is 1. The molecule has 0 radical (unpaired) electrons. The van der Waals surface area contributed by atoms with Crippen molar-refractivity contribution in [2.45, 2.75) is 26.4 Å². The van der Waals surface area contributed by atoms with Gasteiger partial charge in [-0.05, 0) is 29.5 Å². The molecule has 0 amide bonds. The number of benzene rings is 2. The Hall–Kier alpha value is -2.86. The molecule has 0 aliphatic rings. The van der Waals surface area contributed by atoms with Gasteiger partial charge in [-0.3, -0.25) is 10.1 Å². The second kappa shape index (κ2) is 6.57. The summed E-state index contributed by atoms with van der Waals surface area (Å²) >= 11 is 0. The van der Waals surface area contributed by atoms with E-state index in [1.165, 1.54) is 6.07 Å². The second-order valence-corrected chi connectivity index (χ2v) is 6.32. The molecule has 0 fully saturated rings. The van der Waals surface area contributed by atoms with Crippen molar-refractivity contribution in [3.63, 3.8) is 0 Å². The fourth-order valence-corrected chi connectivity index (χ4v) is 2.98. The van der Waals surface area contributed by atoms with Gasteiger partial charge in [0.2, 0.25) is 0 Å². The monoisotopic (exact) mass is 341 g/mol. The summed E-state index contributed by atoms with van der Waals surface area (Å²) in [5, 5.41) is 24.3. The smallest absolute Gasteiger partial charge is 0.344 e. The first-order valence-corrected chi connectivity index (χ1v) is 8.02. The Morgan fingerprint density at radius 1 is 1.12 bits per heavy atom. The molecule has 0 aliphatic carbocycles. The number of fused-ring (bicyclic) bond motifs is 3. The highest BCUT2D eigenvalue weighted by atomic mass is 16.4. The summed E-state index contributed by atoms with van der Waals surface area (Å²) in [7, 11) is 0. The van der Waals surface area contributed by atoms with E-state index in [0.717, 1.165) is 5.39 Å². The average Bonchev–Trinajstić information content (AvgIpc) is 2.56. The Labute approximate surface area is 143 Å². The van der Waals surface area contributed by atoms with Gasteiger partial charge in [-0.1, -0.05) is 32.0 Å². The van der Waals surface area contributed by atoms with Gasteiger partial charge in [-0.25, -0.2) is 4.79 Å². The molecule has 0 saturated carbocycles. The fraction of sp³-hybridized carbons (Fsp3) is 0.263. The molecule has 1 aromatic heterocycles. The van der Waals surface area contributed by atoms with Crippen LogP contribution >= 0.6 is 0 Å². The first-order chi connectivity index (χ1) is 11.9. The zero-order chi connectivity index (χ0) is 18.1. The Morgan fingerprint density at radius 2 is 1.80 bits per heavy atom. The van der Waals surface area contributed by atoms with Gasteiger partial charge >= 0.3 is 11.6 Å². The van der Waals surface area contributed by atoms with Crippen molar-refractivity contribution >= 4 is 27.7 Å². The minimum Gasteiger partial charge on any atom is -0.507 e. The number of hydrogen-bond donors (Lipinski definition) is 3. The number of hydrogen-bond acceptors (Lipinski definition) is 5. The first kappa shape index (κ1) is 17.0. The van der Waals surface area contributed by atoms with E-state index in [-0.39, 0.29) is 23.8 Å². The molecule has 6 heteroatoms. The van der Waals surface area contributed by atoms with E-state index in [2.05, 4.69) is 5.32 Å². The number of aromatic hydroxyl groups is 1. The van der Waals surface area contributed by atoms with E-state index in [9.17, 15) is 19.8 Å². The average molecular weight is 341 g/mol. The number of rotatable bonds is 5. The van der Waals surface area contributed by atoms with E-state index in [4.69, 9.17) is 4.42 Å². The van der Waals surface area contributed by atoms with Crippen molar-refractivity contribution in [2.75, 3.05) is 0 Å². The van der Waals surface area contributed by atoms with Crippen molar-refractivity contribution in [3.05, 3.63) is 52.4 Å². The molecule has 130 valence electrons. The standard InChI is InChI=1S/C19H19NO5/c1-10(2)16(18(22)23)20-9-14-15(21)8-7-12-11-5-3-4-6-13(11)19(24)25-17(12)14/h3-8,10,16,20-21H,9H2,1-2H3,(H,22,23)/t16-/m0/s1. The van der Waals surface area contributed by atoms with Gasteiger partial charge in [0.25, 0.3) is 0 Å². The maximum Gasteiger partial charge on any atom is 0.344 e. The molecular weight excluding hydrogens is 322 g/mol. The van der Waals surface area contributed by atoms with Crippen molar-refractivity contribution in [2.24, 2.45) is 5.92 Å². The largest absolute Gasteiger partial charge is 0.507 e. The summed E-state index contributed by atoms with van der Waals surface area (Å²) in [5.41, 5.74) is 0.143. The lowest BCUT2D eigenvalue weighted by molar-refractivity contribution is -0.140. The minimum atomic E-state index is -0.971. The Balaban J connectivity index is 2.13. The van der Waals surface area contributed by atoms with Gasteiger partial charge in [0.15, 0.2) is 0 Å². The highest BCUT2D eigenvalue weighted by Crippen LogP contribution is 2.30. The van der Waals surface area contributed by atoms with Crippen LogP contribution < -0.4 is 10.9 Å². The summed E-state index contributed by atoms with van der Waals surface area (Å²) in [5.74, 6) is -1.16. The summed E-state index contributed by atoms with van der Waals surface area (Å²) in [6.45, 7) is 3.66. The highest BCUT2D eigenvalue weighted by Gasteiger charge is 2.22. The summed E-state index contributed by atoms with van der Waals surface area (Å²) in [4.78, 5) is 23.6. The van der Waals surface area contributed by atoms with Gasteiger partial charge in [0.1, 0.15) is 17.4 Å². The highest BCUT2D eigenvalue weighted by molar-refractivity contribution is 6.05. The normalized spacial score (nSPS) is 12.8. The number of carboxylic acid groups (broad SMARTS) is 1. The third-order valence-electron chi connectivity index (χ3n) is 4.30. The summed E-state index contributed by atoms with van der Waals surface area (Å²) in [6.07, 6.45) is 0. The van der Waals surface area contributed by atoms with Gasteiger partial charge in [-0.15, -0.1) is 0 Å². The van der Waals surface area contributed by atoms with Gasteiger partial charge in [0, 0.05) is 11.9 Å². The third kappa shape index (κ3) is 3.08. The zero-order valence-electron chi connectivity index (χ0n) is 13.9. The van der Waals surface area contributed by atoms with Crippen LogP contribution in [0.3, 0.4) is 0 Å². The quantitative estimate of drug-likeness (QED) is 0.487. The molecule has 0 saturated heterocycles. The van der Waals surface area contributed by atoms with Gasteiger partial charge in [-0.2, -0.15) is 0 Å². The van der Waals surface area contributed by atoms with Crippen molar-refractivity contribution in [1.29, 1.82) is 0 Å². The number of carbonyl (C=O) groups is 1. The summed E-state index contributed by atoms with van der Waals surface area (Å²) < 4.78 is 5.44. The molecule has 0 aliphatic heterocycles. The van der Waals surface area contributed by atoms with Crippen LogP contribution in [-0.2, 0) is 11.3 Å². The fourth-order valence-electron chi connectivity index (χ4n) is 2.98. The molecule has 25 heavy (non-hydrogen) atoms. The third-order valence-corrected chi connectivity index (χ3v) is 4.30. The first-order valence-electron chi connectivity index (χ1n) is 8.02. The number of nitrogens with one attached hydrogen (secondary N) is 1. The van der Waals surface area contributed by atoms with Crippen LogP contribution in [0, 0.1) is 5.92 Å². The molecular formula is C19H19NO5. The molecule has 3 aromatic rings. The lowest BCUT2D eigenvalue weighted by Crippen LogP contribution is -2.40. The van der Waals surface area contributed by atoms with Gasteiger partial charge < -0.3 is 14.6 Å². The van der Waals surface area contributed by atoms with Crippen LogP contribution in [0.25, 0.3) is 21.7 Å². The van der Waals surface area contributed by atoms with Crippen LogP contribution in [0.15, 0.2) is 45.6 Å². The second-order valence-electron chi connectivity index (χ2n) is 6.32. The van der Waals surface area contributed by atoms with Crippen LogP contribution in [-0.4, -0.2) is 22.2 Å². The molecule has 1 heterocycles. The number of phenolic OH excluding ortho intramolecular Hbond substituents is 1. The molecule has 0 unspecified atom stereocenters. The van der Waals surface area contributed by atoms with Crippen molar-refractivity contribution in [3.8, 4) is 5.75 Å². The number of carboxylic acids is 1. The van der Waals surface area contributed by atoms with Crippen molar-refractivity contribution in [1.82, 2.24) is 5.32 Å². The molecule has 3 rings (SSSR count). The molecule has 0 spiro atoms. The molecule has 1 atom stereocenters. The topological polar surface area (TPSA) is 99.8 Å². The van der Waals surface area contributed by atoms with E-state index in [0.29, 0.717) is 16.3 Å². The number of phenols is 1. The Morgan fingerprint density at radius 3 is 2.44 bits per heavy atom. The molecule has 2 aromatic carbocycles. The minimum absolute atomic E-state index is 0.0497. The summed E-state index contributed by atoms with van der Waals surface area (Å²) in [6, 6.07) is 9.52. The van der Waals surface area contributed by atoms with Crippen LogP contribution in [0.4, 0.5) is 0 Å². The lowest BCUT2D eigenvalue weighted by atomic mass is 10.0. The SMILES string of the molecule is CC(C)[C@H](NCc1c(O)ccc2c1oc(=O)c1ccccc12)C(=O)O. The van der Waals surface area contributed by atoms with E-state index in [1.54, 1.807) is 32.0 Å². The van der Waals surface area contributed by atoms with E-state index >= 15 is 0 Å². The van der Waals surface area contributed by atoms with Crippen LogP contribution in [0.1, 0.15) is 19.4 Å². The maximum absolute atomic E-state index is 12.2. The molecule has 0 bridgehead atoms. The molecule has 6 nitrogen and oxygen atoms in total. The maximum atomic E-state index is 12.2. The van der Waals surface area contributed by atoms with E-state index in [1.807, 2.05) is 12.1 Å². The van der Waals surface area contributed by atoms with Gasteiger partial charge in [0.05, 0.1) is 10.9 Å². The van der Waals surface area contributed by atoms with Crippen molar-refractivity contribution < 1.29 is 19.4 Å². The Bertz CT molecular complexity index is 1010. The van der Waals surface area contributed by atoms with E-state index < -0.39 is 17.6 Å². The van der Waals surface area contributed by atoms with Crippen LogP contribution in [0.2, 0.25) is 0 Å². The lowest BCUT2D eigenvalue weighted by Gasteiger charge is -2.18. The zero-order valence-corrected chi connectivity index (χ0v) is 13.9. The van der Waals surface area contributed by atoms with Crippen LogP contribution in [0.5, 0.6) is 5.75 Å².